The molecule has 5 atom stereocenters. The van der Waals surface area contributed by atoms with Crippen molar-refractivity contribution in [2.45, 2.75) is 48.5 Å². The quantitative estimate of drug-likeness (QED) is 0.692. The molecule has 2 heterocycles. The molecule has 0 aromatic heterocycles. The molecule has 0 amide bonds. The molecule has 2 aliphatic carbocycles. The minimum atomic E-state index is -1.41. The molecule has 1 saturated heterocycles. The third-order valence-electron chi connectivity index (χ3n) is 8.11. The van der Waals surface area contributed by atoms with Crippen molar-refractivity contribution in [3.05, 3.63) is 71.0 Å². The Morgan fingerprint density at radius 1 is 1.24 bits per heavy atom. The number of aliphatic hydroxyl groups is 2. The maximum absolute atomic E-state index is 12.9. The van der Waals surface area contributed by atoms with Crippen LogP contribution < -0.4 is 9.47 Å². The van der Waals surface area contributed by atoms with Gasteiger partial charge in [-0.1, -0.05) is 36.4 Å². The van der Waals surface area contributed by atoms with Crippen molar-refractivity contribution >= 4 is 5.97 Å². The predicted octanol–water partition coefficient (Wildman–Crippen LogP) is 2.25. The van der Waals surface area contributed by atoms with Crippen LogP contribution in [0.25, 0.3) is 0 Å². The maximum Gasteiger partial charge on any atom is 0.344 e. The van der Waals surface area contributed by atoms with E-state index in [9.17, 15) is 15.0 Å². The van der Waals surface area contributed by atoms with Crippen molar-refractivity contribution in [3.63, 3.8) is 0 Å². The first kappa shape index (κ1) is 20.7. The predicted molar refractivity (Wildman–Crippen MR) is 119 cm³/mol. The number of ether oxygens (including phenoxy) is 3. The molecule has 7 nitrogen and oxygen atoms in total. The number of likely N-dealkylation sites (N-methyl/N-ethyl adjacent to an activating group) is 1. The van der Waals surface area contributed by atoms with Gasteiger partial charge < -0.3 is 29.3 Å². The van der Waals surface area contributed by atoms with E-state index in [1.165, 1.54) is 0 Å². The number of hydrogen-bond acceptors (Lipinski definition) is 7. The van der Waals surface area contributed by atoms with Gasteiger partial charge in [0.25, 0.3) is 0 Å². The zero-order valence-electron chi connectivity index (χ0n) is 18.7. The van der Waals surface area contributed by atoms with Gasteiger partial charge in [0, 0.05) is 18.0 Å². The van der Waals surface area contributed by atoms with Gasteiger partial charge in [0.2, 0.25) is 0 Å². The molecule has 33 heavy (non-hydrogen) atoms. The fraction of sp³-hybridized carbons (Fsp3) is 0.423. The minimum Gasteiger partial charge on any atom is -0.493 e. The summed E-state index contributed by atoms with van der Waals surface area (Å²) < 4.78 is 17.8. The third kappa shape index (κ3) is 2.58. The number of carbonyl (C=O) groups excluding carboxylic acids is 1. The molecule has 0 radical (unpaired) electrons. The van der Waals surface area contributed by atoms with Gasteiger partial charge in [-0.2, -0.15) is 0 Å². The van der Waals surface area contributed by atoms with E-state index in [4.69, 9.17) is 14.2 Å². The van der Waals surface area contributed by atoms with Crippen LogP contribution in [-0.4, -0.2) is 59.5 Å². The van der Waals surface area contributed by atoms with Crippen LogP contribution in [0.5, 0.6) is 11.5 Å². The van der Waals surface area contributed by atoms with Gasteiger partial charge in [-0.3, -0.25) is 0 Å². The minimum absolute atomic E-state index is 0.0763. The number of hydrogen-bond donors (Lipinski definition) is 2. The van der Waals surface area contributed by atoms with Crippen LogP contribution in [0.3, 0.4) is 0 Å². The van der Waals surface area contributed by atoms with E-state index in [0.717, 1.165) is 17.7 Å². The molecule has 2 aliphatic heterocycles. The number of nitrogens with zero attached hydrogens (tertiary/aromatic N) is 1. The summed E-state index contributed by atoms with van der Waals surface area (Å²) in [6.45, 7) is 0.788. The molecule has 2 N–H and O–H groups in total. The molecular weight excluding hydrogens is 422 g/mol. The maximum atomic E-state index is 12.9. The Labute approximate surface area is 192 Å². The number of benzene rings is 2. The largest absolute Gasteiger partial charge is 0.493 e. The standard InChI is InChI=1S/C26H27NO6/c1-27-13-12-25-20-16-8-9-17(31-2)22(20)33-23(25)18(10-11-26(25,30)19(27)14-16)32-24(29)21(28)15-6-4-3-5-7-15/h3-10,19,21,23,28,30H,11-14H2,1-2H3/t19-,21+,23+,25+,26-/m1/s1. The summed E-state index contributed by atoms with van der Waals surface area (Å²) in [6.07, 6.45) is 1.38. The van der Waals surface area contributed by atoms with Gasteiger partial charge in [0.1, 0.15) is 5.76 Å². The topological polar surface area (TPSA) is 88.5 Å². The molecule has 7 heteroatoms. The average molecular weight is 450 g/mol. The molecule has 4 aliphatic rings. The van der Waals surface area contributed by atoms with Crippen molar-refractivity contribution in [1.29, 1.82) is 0 Å². The Bertz CT molecular complexity index is 1160. The lowest BCUT2D eigenvalue weighted by Gasteiger charge is -2.61. The van der Waals surface area contributed by atoms with Crippen molar-refractivity contribution in [1.82, 2.24) is 4.90 Å². The van der Waals surface area contributed by atoms with E-state index in [-0.39, 0.29) is 6.04 Å². The number of likely N-dealkylation sites (tertiary alicyclic amines) is 1. The Morgan fingerprint density at radius 3 is 2.79 bits per heavy atom. The summed E-state index contributed by atoms with van der Waals surface area (Å²) in [5.74, 6) is 0.802. The van der Waals surface area contributed by atoms with Crippen LogP contribution in [0.4, 0.5) is 0 Å². The second-order valence-electron chi connectivity index (χ2n) is 9.52. The van der Waals surface area contributed by atoms with Gasteiger partial charge in [0.05, 0.1) is 18.1 Å². The molecule has 0 unspecified atom stereocenters. The fourth-order valence-corrected chi connectivity index (χ4v) is 6.53. The van der Waals surface area contributed by atoms with E-state index in [1.54, 1.807) is 37.5 Å². The van der Waals surface area contributed by atoms with Crippen molar-refractivity contribution in [3.8, 4) is 11.5 Å². The smallest absolute Gasteiger partial charge is 0.344 e. The SMILES string of the molecule is COc1ccc2c3c1O[C@H]1C(OC(=O)[C@@H](O)c4ccccc4)=CC[C@@]4(O)[C@@H](C2)N(C)CC[C@]314. The molecule has 2 aromatic carbocycles. The van der Waals surface area contributed by atoms with Crippen molar-refractivity contribution in [2.75, 3.05) is 20.7 Å². The molecule has 2 aromatic rings. The van der Waals surface area contributed by atoms with Crippen molar-refractivity contribution < 1.29 is 29.2 Å². The summed E-state index contributed by atoms with van der Waals surface area (Å²) in [4.78, 5) is 15.1. The number of methoxy groups -OCH3 is 1. The van der Waals surface area contributed by atoms with E-state index < -0.39 is 29.2 Å². The number of piperidine rings is 1. The summed E-state index contributed by atoms with van der Waals surface area (Å²) in [6, 6.07) is 12.6. The van der Waals surface area contributed by atoms with Crippen LogP contribution in [0.2, 0.25) is 0 Å². The van der Waals surface area contributed by atoms with Gasteiger partial charge in [0.15, 0.2) is 23.7 Å². The molecular formula is C26H27NO6. The second kappa shape index (κ2) is 7.06. The normalized spacial score (nSPS) is 32.3. The van der Waals surface area contributed by atoms with Gasteiger partial charge >= 0.3 is 5.97 Å². The van der Waals surface area contributed by atoms with Crippen LogP contribution in [0.15, 0.2) is 54.3 Å². The highest BCUT2D eigenvalue weighted by molar-refractivity contribution is 5.77. The number of rotatable bonds is 4. The average Bonchev–Trinajstić information content (AvgIpc) is 3.19. The summed E-state index contributed by atoms with van der Waals surface area (Å²) in [5.41, 5.74) is 0.757. The first-order chi connectivity index (χ1) is 15.9. The zero-order valence-corrected chi connectivity index (χ0v) is 18.7. The lowest BCUT2D eigenvalue weighted by atomic mass is 9.50. The summed E-state index contributed by atoms with van der Waals surface area (Å²) in [7, 11) is 3.64. The fourth-order valence-electron chi connectivity index (χ4n) is 6.53. The Morgan fingerprint density at radius 2 is 2.03 bits per heavy atom. The number of carbonyl (C=O) groups is 1. The van der Waals surface area contributed by atoms with E-state index >= 15 is 0 Å². The van der Waals surface area contributed by atoms with E-state index in [1.807, 2.05) is 19.2 Å². The Kier molecular flexibility index (Phi) is 4.43. The first-order valence-electron chi connectivity index (χ1n) is 11.3. The van der Waals surface area contributed by atoms with Crippen LogP contribution in [0.1, 0.15) is 35.6 Å². The van der Waals surface area contributed by atoms with E-state index in [0.29, 0.717) is 42.1 Å². The lowest BCUT2D eigenvalue weighted by Crippen LogP contribution is -2.74. The van der Waals surface area contributed by atoms with Gasteiger partial charge in [-0.25, -0.2) is 4.79 Å². The number of esters is 1. The molecule has 0 saturated carbocycles. The van der Waals surface area contributed by atoms with Crippen LogP contribution >= 0.6 is 0 Å². The van der Waals surface area contributed by atoms with Crippen LogP contribution in [-0.2, 0) is 21.4 Å². The molecule has 6 rings (SSSR count). The highest BCUT2D eigenvalue weighted by Gasteiger charge is 2.72. The zero-order chi connectivity index (χ0) is 23.0. The second-order valence-corrected chi connectivity index (χ2v) is 9.52. The summed E-state index contributed by atoms with van der Waals surface area (Å²) >= 11 is 0. The van der Waals surface area contributed by atoms with Crippen molar-refractivity contribution in [2.24, 2.45) is 0 Å². The summed E-state index contributed by atoms with van der Waals surface area (Å²) in [5, 5.41) is 22.8. The molecule has 172 valence electrons. The Balaban J connectivity index is 1.44. The lowest BCUT2D eigenvalue weighted by molar-refractivity contribution is -0.172. The van der Waals surface area contributed by atoms with Gasteiger partial charge in [-0.05, 0) is 49.7 Å². The monoisotopic (exact) mass is 449 g/mol. The molecule has 1 spiro atoms. The Hall–Kier alpha value is -2.87. The first-order valence-corrected chi connectivity index (χ1v) is 11.3. The highest BCUT2D eigenvalue weighted by atomic mass is 16.6. The third-order valence-corrected chi connectivity index (χ3v) is 8.11. The molecule has 1 fully saturated rings. The molecule has 2 bridgehead atoms. The number of aliphatic hydroxyl groups excluding tert-OH is 1. The van der Waals surface area contributed by atoms with Crippen LogP contribution in [0, 0.1) is 0 Å². The van der Waals surface area contributed by atoms with Gasteiger partial charge in [-0.15, -0.1) is 0 Å². The highest BCUT2D eigenvalue weighted by Crippen LogP contribution is 2.65. The van der Waals surface area contributed by atoms with E-state index in [2.05, 4.69) is 11.0 Å².